The van der Waals surface area contributed by atoms with Gasteiger partial charge in [0.25, 0.3) is 0 Å². The third-order valence-electron chi connectivity index (χ3n) is 3.35. The van der Waals surface area contributed by atoms with Crippen LogP contribution < -0.4 is 4.74 Å². The fourth-order valence-electron chi connectivity index (χ4n) is 2.13. The Hall–Kier alpha value is -2.27. The third kappa shape index (κ3) is 4.10. The summed E-state index contributed by atoms with van der Waals surface area (Å²) in [6.45, 7) is 2.86. The highest BCUT2D eigenvalue weighted by Gasteiger charge is 2.11. The average molecular weight is 282 g/mol. The quantitative estimate of drug-likeness (QED) is 0.548. The van der Waals surface area contributed by atoms with Crippen LogP contribution in [0.4, 0.5) is 4.39 Å². The highest BCUT2D eigenvalue weighted by molar-refractivity contribution is 5.41. The minimum atomic E-state index is -0.255. The van der Waals surface area contributed by atoms with Crippen molar-refractivity contribution in [1.29, 1.82) is 0 Å². The lowest BCUT2D eigenvalue weighted by molar-refractivity contribution is 0.309. The topological polar surface area (TPSA) is 9.23 Å². The molecule has 2 aromatic rings. The van der Waals surface area contributed by atoms with Crippen molar-refractivity contribution in [2.75, 3.05) is 6.61 Å². The van der Waals surface area contributed by atoms with Crippen molar-refractivity contribution in [3.8, 4) is 18.1 Å². The molecule has 0 spiro atoms. The first-order valence-corrected chi connectivity index (χ1v) is 7.19. The van der Waals surface area contributed by atoms with Gasteiger partial charge in [0.1, 0.15) is 11.6 Å². The van der Waals surface area contributed by atoms with Crippen molar-refractivity contribution in [1.82, 2.24) is 0 Å². The summed E-state index contributed by atoms with van der Waals surface area (Å²) >= 11 is 0. The van der Waals surface area contributed by atoms with Gasteiger partial charge in [-0.2, -0.15) is 0 Å². The first kappa shape index (κ1) is 15.1. The second-order valence-electron chi connectivity index (χ2n) is 4.92. The van der Waals surface area contributed by atoms with Crippen molar-refractivity contribution < 1.29 is 9.13 Å². The monoisotopic (exact) mass is 282 g/mol. The Labute approximate surface area is 125 Å². The minimum Gasteiger partial charge on any atom is -0.494 e. The normalized spacial score (nSPS) is 11.7. The highest BCUT2D eigenvalue weighted by atomic mass is 19.1. The molecule has 0 N–H and O–H groups in total. The van der Waals surface area contributed by atoms with Crippen LogP contribution in [0.25, 0.3) is 0 Å². The van der Waals surface area contributed by atoms with E-state index < -0.39 is 0 Å². The van der Waals surface area contributed by atoms with E-state index in [-0.39, 0.29) is 11.7 Å². The van der Waals surface area contributed by atoms with E-state index in [0.717, 1.165) is 36.3 Å². The van der Waals surface area contributed by atoms with Crippen LogP contribution in [0.2, 0.25) is 0 Å². The van der Waals surface area contributed by atoms with Gasteiger partial charge in [-0.05, 0) is 41.8 Å². The molecule has 0 saturated heterocycles. The number of hydrogen-bond acceptors (Lipinski definition) is 1. The van der Waals surface area contributed by atoms with Crippen molar-refractivity contribution in [3.05, 3.63) is 65.5 Å². The molecule has 0 radical (unpaired) electrons. The third-order valence-corrected chi connectivity index (χ3v) is 3.35. The summed E-state index contributed by atoms with van der Waals surface area (Å²) < 4.78 is 18.6. The van der Waals surface area contributed by atoms with E-state index in [2.05, 4.69) is 12.8 Å². The Morgan fingerprint density at radius 1 is 1.05 bits per heavy atom. The summed E-state index contributed by atoms with van der Waals surface area (Å²) in [4.78, 5) is 0. The number of benzene rings is 2. The molecule has 0 saturated carbocycles. The number of halogens is 1. The summed E-state index contributed by atoms with van der Waals surface area (Å²) in [7, 11) is 0. The molecular weight excluding hydrogens is 263 g/mol. The molecule has 1 atom stereocenters. The van der Waals surface area contributed by atoms with Crippen molar-refractivity contribution >= 4 is 0 Å². The zero-order valence-corrected chi connectivity index (χ0v) is 12.2. The van der Waals surface area contributed by atoms with Gasteiger partial charge in [-0.25, -0.2) is 4.39 Å². The zero-order chi connectivity index (χ0) is 15.1. The lowest BCUT2D eigenvalue weighted by Gasteiger charge is -2.13. The van der Waals surface area contributed by atoms with Crippen LogP contribution in [0.1, 0.15) is 36.8 Å². The molecule has 2 aromatic carbocycles. The summed E-state index contributed by atoms with van der Waals surface area (Å²) in [6, 6.07) is 14.1. The molecule has 0 bridgehead atoms. The standard InChI is InChI=1S/C19H19FO/c1-3-5-14-21-18-12-8-16(9-13-18)19(4-2)15-6-10-17(20)11-7-15/h2,6-13,19H,3,5,14H2,1H3. The summed E-state index contributed by atoms with van der Waals surface area (Å²) in [5.41, 5.74) is 1.92. The molecular formula is C19H19FO. The van der Waals surface area contributed by atoms with Crippen LogP contribution in [-0.2, 0) is 0 Å². The van der Waals surface area contributed by atoms with E-state index in [1.807, 2.05) is 24.3 Å². The van der Waals surface area contributed by atoms with E-state index in [9.17, 15) is 4.39 Å². The largest absolute Gasteiger partial charge is 0.494 e. The maximum absolute atomic E-state index is 13.0. The van der Waals surface area contributed by atoms with Crippen LogP contribution >= 0.6 is 0 Å². The number of rotatable bonds is 6. The molecule has 1 nitrogen and oxygen atoms in total. The Bertz CT molecular complexity index is 593. The molecule has 0 aliphatic carbocycles. The number of unbranched alkanes of at least 4 members (excludes halogenated alkanes) is 1. The highest BCUT2D eigenvalue weighted by Crippen LogP contribution is 2.26. The van der Waals surface area contributed by atoms with Gasteiger partial charge < -0.3 is 4.74 Å². The minimum absolute atomic E-state index is 0.171. The Balaban J connectivity index is 2.12. The van der Waals surface area contributed by atoms with Crippen LogP contribution in [-0.4, -0.2) is 6.61 Å². The average Bonchev–Trinajstić information content (AvgIpc) is 2.52. The first-order valence-electron chi connectivity index (χ1n) is 7.19. The molecule has 1 unspecified atom stereocenters. The lowest BCUT2D eigenvalue weighted by Crippen LogP contribution is -2.00. The summed E-state index contributed by atoms with van der Waals surface area (Å²) in [6.07, 6.45) is 7.80. The summed E-state index contributed by atoms with van der Waals surface area (Å²) in [5.74, 6) is 3.19. The lowest BCUT2D eigenvalue weighted by atomic mass is 9.92. The molecule has 108 valence electrons. The van der Waals surface area contributed by atoms with E-state index in [1.165, 1.54) is 12.1 Å². The molecule has 0 aliphatic rings. The van der Waals surface area contributed by atoms with Crippen LogP contribution in [0, 0.1) is 18.2 Å². The second kappa shape index (κ2) is 7.50. The second-order valence-corrected chi connectivity index (χ2v) is 4.92. The van der Waals surface area contributed by atoms with E-state index in [0.29, 0.717) is 0 Å². The van der Waals surface area contributed by atoms with Gasteiger partial charge in [-0.3, -0.25) is 0 Å². The SMILES string of the molecule is C#CC(c1ccc(F)cc1)c1ccc(OCCCC)cc1. The van der Waals surface area contributed by atoms with E-state index >= 15 is 0 Å². The number of hydrogen-bond donors (Lipinski definition) is 0. The molecule has 2 heteroatoms. The predicted octanol–water partition coefficient (Wildman–Crippen LogP) is 4.77. The molecule has 21 heavy (non-hydrogen) atoms. The molecule has 0 heterocycles. The van der Waals surface area contributed by atoms with Crippen LogP contribution in [0.15, 0.2) is 48.5 Å². The Morgan fingerprint density at radius 2 is 1.62 bits per heavy atom. The fraction of sp³-hybridized carbons (Fsp3) is 0.263. The van der Waals surface area contributed by atoms with Crippen LogP contribution in [0.5, 0.6) is 5.75 Å². The molecule has 0 aromatic heterocycles. The zero-order valence-electron chi connectivity index (χ0n) is 12.2. The predicted molar refractivity (Wildman–Crippen MR) is 83.9 cm³/mol. The Kier molecular flexibility index (Phi) is 5.40. The van der Waals surface area contributed by atoms with Crippen molar-refractivity contribution in [2.45, 2.75) is 25.7 Å². The van der Waals surface area contributed by atoms with Gasteiger partial charge in [0.2, 0.25) is 0 Å². The van der Waals surface area contributed by atoms with E-state index in [4.69, 9.17) is 11.2 Å². The molecule has 0 aliphatic heterocycles. The fourth-order valence-corrected chi connectivity index (χ4v) is 2.13. The van der Waals surface area contributed by atoms with Gasteiger partial charge in [0, 0.05) is 0 Å². The van der Waals surface area contributed by atoms with Gasteiger partial charge >= 0.3 is 0 Å². The maximum atomic E-state index is 13.0. The van der Waals surface area contributed by atoms with Crippen molar-refractivity contribution in [2.24, 2.45) is 0 Å². The van der Waals surface area contributed by atoms with E-state index in [1.54, 1.807) is 12.1 Å². The Morgan fingerprint density at radius 3 is 2.14 bits per heavy atom. The van der Waals surface area contributed by atoms with Gasteiger partial charge in [-0.15, -0.1) is 6.42 Å². The van der Waals surface area contributed by atoms with Gasteiger partial charge in [-0.1, -0.05) is 43.5 Å². The van der Waals surface area contributed by atoms with Crippen LogP contribution in [0.3, 0.4) is 0 Å². The molecule has 0 amide bonds. The first-order chi connectivity index (χ1) is 10.2. The summed E-state index contributed by atoms with van der Waals surface area (Å²) in [5, 5.41) is 0. The maximum Gasteiger partial charge on any atom is 0.123 e. The molecule has 0 fully saturated rings. The number of terminal acetylenes is 1. The number of ether oxygens (including phenoxy) is 1. The van der Waals surface area contributed by atoms with Gasteiger partial charge in [0.15, 0.2) is 0 Å². The smallest absolute Gasteiger partial charge is 0.123 e. The van der Waals surface area contributed by atoms with Gasteiger partial charge in [0.05, 0.1) is 12.5 Å². The molecule has 2 rings (SSSR count). The van der Waals surface area contributed by atoms with Crippen molar-refractivity contribution in [3.63, 3.8) is 0 Å².